The molecular formula is C26H31N3O4S2. The molecule has 1 aliphatic rings. The zero-order chi connectivity index (χ0) is 24.5. The number of ether oxygens (including phenoxy) is 1. The van der Waals surface area contributed by atoms with Gasteiger partial charge in [0.25, 0.3) is 0 Å². The maximum Gasteiger partial charge on any atom is 0.243 e. The Morgan fingerprint density at radius 1 is 0.914 bits per heavy atom. The molecule has 9 heteroatoms. The summed E-state index contributed by atoms with van der Waals surface area (Å²) in [7, 11) is -3.83. The number of morpholine rings is 1. The number of rotatable bonds is 11. The molecule has 1 fully saturated rings. The molecule has 0 radical (unpaired) electrons. The van der Waals surface area contributed by atoms with E-state index in [-0.39, 0.29) is 23.9 Å². The summed E-state index contributed by atoms with van der Waals surface area (Å²) in [6.45, 7) is 4.21. The number of carbonyl (C=O) groups is 1. The number of amides is 1. The molecule has 2 heterocycles. The first-order valence-electron chi connectivity index (χ1n) is 11.7. The quantitative estimate of drug-likeness (QED) is 0.394. The van der Waals surface area contributed by atoms with Crippen LogP contribution in [-0.2, 0) is 32.6 Å². The lowest BCUT2D eigenvalue weighted by Crippen LogP contribution is -2.46. The van der Waals surface area contributed by atoms with Crippen molar-refractivity contribution >= 4 is 27.3 Å². The lowest BCUT2D eigenvalue weighted by atomic mass is 10.2. The van der Waals surface area contributed by atoms with E-state index in [1.165, 1.54) is 4.31 Å². The molecule has 2 aromatic carbocycles. The number of nitrogens with zero attached hydrogens (tertiary/aromatic N) is 3. The van der Waals surface area contributed by atoms with Crippen LogP contribution in [0.15, 0.2) is 83.1 Å². The number of hydrogen-bond acceptors (Lipinski definition) is 6. The fraction of sp³-hybridized carbons (Fsp3) is 0.346. The number of carbonyl (C=O) groups excluding carboxylic acids is 1. The Kier molecular flexibility index (Phi) is 9.06. The molecule has 1 aromatic heterocycles. The molecule has 1 saturated heterocycles. The summed E-state index contributed by atoms with van der Waals surface area (Å²) >= 11 is 1.59. The number of benzene rings is 2. The van der Waals surface area contributed by atoms with E-state index < -0.39 is 10.0 Å². The van der Waals surface area contributed by atoms with E-state index in [1.54, 1.807) is 46.6 Å². The van der Waals surface area contributed by atoms with Gasteiger partial charge in [-0.25, -0.2) is 8.42 Å². The van der Waals surface area contributed by atoms with Gasteiger partial charge in [-0.1, -0.05) is 54.6 Å². The first-order chi connectivity index (χ1) is 17.0. The van der Waals surface area contributed by atoms with Crippen molar-refractivity contribution in [1.29, 1.82) is 0 Å². The minimum absolute atomic E-state index is 0.197. The molecule has 0 N–H and O–H groups in total. The van der Waals surface area contributed by atoms with Gasteiger partial charge in [0.1, 0.15) is 0 Å². The maximum atomic E-state index is 13.6. The number of thiophene rings is 1. The van der Waals surface area contributed by atoms with Gasteiger partial charge in [-0.05, 0) is 29.1 Å². The van der Waals surface area contributed by atoms with Gasteiger partial charge < -0.3 is 9.64 Å². The summed E-state index contributed by atoms with van der Waals surface area (Å²) in [5.41, 5.74) is 1.00. The first kappa shape index (κ1) is 25.5. The van der Waals surface area contributed by atoms with Crippen molar-refractivity contribution in [2.24, 2.45) is 0 Å². The third-order valence-electron chi connectivity index (χ3n) is 5.96. The van der Waals surface area contributed by atoms with Gasteiger partial charge in [0.05, 0.1) is 31.2 Å². The summed E-state index contributed by atoms with van der Waals surface area (Å²) in [6, 6.07) is 22.1. The lowest BCUT2D eigenvalue weighted by molar-refractivity contribution is -0.132. The second-order valence-electron chi connectivity index (χ2n) is 8.42. The van der Waals surface area contributed by atoms with E-state index in [1.807, 2.05) is 47.8 Å². The van der Waals surface area contributed by atoms with Crippen LogP contribution in [0.3, 0.4) is 0 Å². The molecule has 0 saturated carbocycles. The third-order valence-corrected chi connectivity index (χ3v) is 8.68. The second kappa shape index (κ2) is 12.4. The van der Waals surface area contributed by atoms with Crippen molar-refractivity contribution in [2.45, 2.75) is 18.0 Å². The molecule has 1 aliphatic heterocycles. The van der Waals surface area contributed by atoms with Crippen molar-refractivity contribution in [3.63, 3.8) is 0 Å². The first-order valence-corrected chi connectivity index (χ1v) is 14.0. The van der Waals surface area contributed by atoms with E-state index in [9.17, 15) is 13.2 Å². The zero-order valence-corrected chi connectivity index (χ0v) is 21.3. The normalized spacial score (nSPS) is 14.8. The molecule has 4 rings (SSSR count). The van der Waals surface area contributed by atoms with Crippen LogP contribution in [0.1, 0.15) is 10.4 Å². The third kappa shape index (κ3) is 7.22. The second-order valence-corrected chi connectivity index (χ2v) is 11.4. The van der Waals surface area contributed by atoms with E-state index in [2.05, 4.69) is 4.90 Å². The van der Waals surface area contributed by atoms with Crippen molar-refractivity contribution in [2.75, 3.05) is 45.9 Å². The van der Waals surface area contributed by atoms with Crippen LogP contribution >= 0.6 is 11.3 Å². The monoisotopic (exact) mass is 513 g/mol. The minimum Gasteiger partial charge on any atom is -0.379 e. The van der Waals surface area contributed by atoms with Crippen LogP contribution < -0.4 is 0 Å². The standard InChI is InChI=1S/C26H31N3O4S2/c30-26(28(21-24-10-7-19-34-24)20-23-8-3-1-4-9-23)22-29(14-13-27-15-17-33-18-16-27)35(31,32)25-11-5-2-6-12-25/h1-12,19H,13-18,20-22H2. The molecule has 7 nitrogen and oxygen atoms in total. The van der Waals surface area contributed by atoms with E-state index in [0.29, 0.717) is 32.8 Å². The van der Waals surface area contributed by atoms with E-state index in [0.717, 1.165) is 23.5 Å². The summed E-state index contributed by atoms with van der Waals surface area (Å²) < 4.78 is 33.8. The molecule has 0 spiro atoms. The summed E-state index contributed by atoms with van der Waals surface area (Å²) in [6.07, 6.45) is 0. The predicted molar refractivity (Wildman–Crippen MR) is 137 cm³/mol. The highest BCUT2D eigenvalue weighted by Gasteiger charge is 2.29. The van der Waals surface area contributed by atoms with E-state index in [4.69, 9.17) is 4.74 Å². The average Bonchev–Trinajstić information content (AvgIpc) is 3.41. The summed E-state index contributed by atoms with van der Waals surface area (Å²) in [5, 5.41) is 1.98. The molecule has 3 aromatic rings. The largest absolute Gasteiger partial charge is 0.379 e. The maximum absolute atomic E-state index is 13.6. The van der Waals surface area contributed by atoms with Crippen LogP contribution in [0.25, 0.3) is 0 Å². The van der Waals surface area contributed by atoms with Crippen LogP contribution in [0, 0.1) is 0 Å². The molecule has 35 heavy (non-hydrogen) atoms. The summed E-state index contributed by atoms with van der Waals surface area (Å²) in [5.74, 6) is -0.219. The molecule has 0 unspecified atom stereocenters. The molecule has 0 aliphatic carbocycles. The van der Waals surface area contributed by atoms with Crippen molar-refractivity contribution in [1.82, 2.24) is 14.1 Å². The van der Waals surface area contributed by atoms with Gasteiger partial charge in [-0.15, -0.1) is 11.3 Å². The molecule has 0 atom stereocenters. The van der Waals surface area contributed by atoms with Gasteiger partial charge in [-0.3, -0.25) is 9.69 Å². The van der Waals surface area contributed by atoms with Gasteiger partial charge in [0.2, 0.25) is 15.9 Å². The Bertz CT molecular complexity index is 1150. The SMILES string of the molecule is O=C(CN(CCN1CCOCC1)S(=O)(=O)c1ccccc1)N(Cc1ccccc1)Cc1cccs1. The molecule has 186 valence electrons. The fourth-order valence-corrected chi connectivity index (χ4v) is 6.10. The van der Waals surface area contributed by atoms with Crippen LogP contribution in [0.2, 0.25) is 0 Å². The Hall–Kier alpha value is -2.56. The van der Waals surface area contributed by atoms with Gasteiger partial charge in [0.15, 0.2) is 0 Å². The minimum atomic E-state index is -3.83. The predicted octanol–water partition coefficient (Wildman–Crippen LogP) is 3.30. The van der Waals surface area contributed by atoms with E-state index >= 15 is 0 Å². The zero-order valence-electron chi connectivity index (χ0n) is 19.7. The Labute approximate surface area is 211 Å². The molecular weight excluding hydrogens is 482 g/mol. The number of sulfonamides is 1. The van der Waals surface area contributed by atoms with Crippen molar-refractivity contribution < 1.29 is 17.9 Å². The average molecular weight is 514 g/mol. The van der Waals surface area contributed by atoms with Gasteiger partial charge in [0, 0.05) is 37.6 Å². The van der Waals surface area contributed by atoms with Crippen LogP contribution in [-0.4, -0.2) is 74.4 Å². The van der Waals surface area contributed by atoms with Crippen LogP contribution in [0.4, 0.5) is 0 Å². The lowest BCUT2D eigenvalue weighted by Gasteiger charge is -2.31. The molecule has 0 bridgehead atoms. The highest BCUT2D eigenvalue weighted by atomic mass is 32.2. The highest BCUT2D eigenvalue weighted by molar-refractivity contribution is 7.89. The van der Waals surface area contributed by atoms with Gasteiger partial charge in [-0.2, -0.15) is 4.31 Å². The molecule has 1 amide bonds. The Morgan fingerprint density at radius 2 is 1.60 bits per heavy atom. The van der Waals surface area contributed by atoms with Crippen molar-refractivity contribution in [3.05, 3.63) is 88.6 Å². The smallest absolute Gasteiger partial charge is 0.243 e. The summed E-state index contributed by atoms with van der Waals surface area (Å²) in [4.78, 5) is 18.8. The number of hydrogen-bond donors (Lipinski definition) is 0. The fourth-order valence-electron chi connectivity index (χ4n) is 3.98. The Morgan fingerprint density at radius 3 is 2.26 bits per heavy atom. The van der Waals surface area contributed by atoms with Crippen molar-refractivity contribution in [3.8, 4) is 0 Å². The highest BCUT2D eigenvalue weighted by Crippen LogP contribution is 2.19. The Balaban J connectivity index is 1.55. The van der Waals surface area contributed by atoms with Crippen LogP contribution in [0.5, 0.6) is 0 Å². The topological polar surface area (TPSA) is 70.2 Å². The van der Waals surface area contributed by atoms with Gasteiger partial charge >= 0.3 is 0 Å².